The number of rotatable bonds is 7. The molecule has 5 aliphatic carbocycles. The highest BCUT2D eigenvalue weighted by Gasteiger charge is 2.95. The van der Waals surface area contributed by atoms with E-state index >= 15 is 0 Å². The SMILES string of the molecule is COC[C@]12CC[C@H](O)[C@]34C(NC1)[C@H]([C@H](OC)[C@H]23)[C@]1(OC(C)=O)[C@H]2[C@@H](OC(=O)c3ccccc3)[C@](O)(C[C@]24O)[C@@H](OC)[C@@H]1O. The topological polar surface area (TPSA) is 173 Å². The molecule has 1 unspecified atom stereocenters. The third kappa shape index (κ3) is 3.18. The monoisotopic (exact) mass is 603 g/mol. The zero-order valence-corrected chi connectivity index (χ0v) is 24.8. The first kappa shape index (κ1) is 29.5. The fraction of sp³-hybridized carbons (Fsp3) is 0.742. The van der Waals surface area contributed by atoms with Crippen molar-refractivity contribution < 1.29 is 53.7 Å². The molecule has 7 bridgehead atoms. The van der Waals surface area contributed by atoms with Crippen molar-refractivity contribution in [3.8, 4) is 0 Å². The number of hydrogen-bond acceptors (Lipinski definition) is 12. The van der Waals surface area contributed by atoms with Crippen molar-refractivity contribution >= 4 is 11.9 Å². The van der Waals surface area contributed by atoms with Crippen LogP contribution in [-0.2, 0) is 28.5 Å². The summed E-state index contributed by atoms with van der Waals surface area (Å²) in [4.78, 5) is 26.6. The lowest BCUT2D eigenvalue weighted by Crippen LogP contribution is -2.84. The predicted octanol–water partition coefficient (Wildman–Crippen LogP) is -0.594. The van der Waals surface area contributed by atoms with Crippen LogP contribution in [0.4, 0.5) is 0 Å². The second kappa shape index (κ2) is 9.43. The van der Waals surface area contributed by atoms with Gasteiger partial charge < -0.3 is 49.4 Å². The molecule has 14 atom stereocenters. The number of ether oxygens (including phenoxy) is 5. The molecule has 1 aliphatic heterocycles. The molecule has 5 saturated carbocycles. The number of nitrogens with one attached hydrogen (secondary N) is 1. The predicted molar refractivity (Wildman–Crippen MR) is 147 cm³/mol. The van der Waals surface area contributed by atoms with E-state index in [9.17, 15) is 30.0 Å². The van der Waals surface area contributed by atoms with Gasteiger partial charge in [0, 0.05) is 69.9 Å². The van der Waals surface area contributed by atoms with Crippen LogP contribution in [0.2, 0.25) is 0 Å². The molecule has 0 aromatic heterocycles. The first-order valence-corrected chi connectivity index (χ1v) is 15.0. The van der Waals surface area contributed by atoms with E-state index in [-0.39, 0.29) is 5.56 Å². The molecule has 6 fully saturated rings. The molecule has 1 spiro atoms. The number of aliphatic hydroxyl groups excluding tert-OH is 2. The van der Waals surface area contributed by atoms with Crippen molar-refractivity contribution in [3.63, 3.8) is 0 Å². The van der Waals surface area contributed by atoms with Crippen LogP contribution >= 0.6 is 0 Å². The van der Waals surface area contributed by atoms with E-state index in [0.717, 1.165) is 0 Å². The zero-order chi connectivity index (χ0) is 30.7. The van der Waals surface area contributed by atoms with Gasteiger partial charge in [0.2, 0.25) is 0 Å². The molecule has 236 valence electrons. The van der Waals surface area contributed by atoms with Gasteiger partial charge in [0.05, 0.1) is 35.9 Å². The Kier molecular flexibility index (Phi) is 6.48. The lowest BCUT2D eigenvalue weighted by Gasteiger charge is -2.69. The van der Waals surface area contributed by atoms with Gasteiger partial charge in [0.1, 0.15) is 23.9 Å². The van der Waals surface area contributed by atoms with Gasteiger partial charge >= 0.3 is 11.9 Å². The number of methoxy groups -OCH3 is 3. The summed E-state index contributed by atoms with van der Waals surface area (Å²) in [7, 11) is 4.44. The molecule has 7 rings (SSSR count). The summed E-state index contributed by atoms with van der Waals surface area (Å²) in [5, 5.41) is 53.8. The second-order valence-corrected chi connectivity index (χ2v) is 13.7. The number of aliphatic hydroxyl groups is 4. The normalized spacial score (nSPS) is 52.0. The summed E-state index contributed by atoms with van der Waals surface area (Å²) >= 11 is 0. The highest BCUT2D eigenvalue weighted by Crippen LogP contribution is 2.80. The molecule has 12 nitrogen and oxygen atoms in total. The van der Waals surface area contributed by atoms with Gasteiger partial charge in [-0.05, 0) is 25.0 Å². The van der Waals surface area contributed by atoms with Gasteiger partial charge in [-0.3, -0.25) is 4.79 Å². The lowest BCUT2D eigenvalue weighted by molar-refractivity contribution is -0.332. The number of benzene rings is 1. The van der Waals surface area contributed by atoms with Crippen LogP contribution in [0, 0.1) is 28.6 Å². The Labute approximate surface area is 249 Å². The van der Waals surface area contributed by atoms with Gasteiger partial charge in [-0.25, -0.2) is 4.79 Å². The molecule has 1 aromatic carbocycles. The van der Waals surface area contributed by atoms with E-state index in [4.69, 9.17) is 23.7 Å². The lowest BCUT2D eigenvalue weighted by atomic mass is 9.41. The average molecular weight is 604 g/mol. The van der Waals surface area contributed by atoms with Crippen LogP contribution < -0.4 is 5.32 Å². The summed E-state index contributed by atoms with van der Waals surface area (Å²) in [5.74, 6) is -4.17. The van der Waals surface area contributed by atoms with E-state index in [0.29, 0.717) is 26.0 Å². The van der Waals surface area contributed by atoms with Crippen molar-refractivity contribution in [2.75, 3.05) is 34.5 Å². The van der Waals surface area contributed by atoms with Crippen molar-refractivity contribution in [2.24, 2.45) is 28.6 Å². The largest absolute Gasteiger partial charge is 0.455 e. The maximum Gasteiger partial charge on any atom is 0.338 e. The average Bonchev–Trinajstić information content (AvgIpc) is 3.31. The Morgan fingerprint density at radius 1 is 1.02 bits per heavy atom. The molecule has 5 N–H and O–H groups in total. The zero-order valence-electron chi connectivity index (χ0n) is 24.8. The molecular formula is C31H41NO11. The fourth-order valence-electron chi connectivity index (χ4n) is 11.5. The quantitative estimate of drug-likeness (QED) is 0.251. The minimum Gasteiger partial charge on any atom is -0.455 e. The van der Waals surface area contributed by atoms with Crippen LogP contribution in [0.5, 0.6) is 0 Å². The van der Waals surface area contributed by atoms with Crippen molar-refractivity contribution in [2.45, 2.75) is 79.6 Å². The number of esters is 2. The van der Waals surface area contributed by atoms with E-state index in [1.807, 2.05) is 0 Å². The third-order valence-electron chi connectivity index (χ3n) is 12.3. The van der Waals surface area contributed by atoms with Crippen molar-refractivity contribution in [1.82, 2.24) is 5.32 Å². The number of piperidine rings is 1. The maximum absolute atomic E-state index is 13.6. The maximum atomic E-state index is 13.6. The van der Waals surface area contributed by atoms with Gasteiger partial charge in [-0.15, -0.1) is 0 Å². The fourth-order valence-corrected chi connectivity index (χ4v) is 11.5. The van der Waals surface area contributed by atoms with E-state index in [1.54, 1.807) is 37.4 Å². The van der Waals surface area contributed by atoms with Gasteiger partial charge in [0.15, 0.2) is 5.60 Å². The summed E-state index contributed by atoms with van der Waals surface area (Å²) in [6.45, 7) is 2.00. The highest BCUT2D eigenvalue weighted by molar-refractivity contribution is 5.89. The molecule has 1 saturated heterocycles. The first-order chi connectivity index (χ1) is 20.4. The Hall–Kier alpha value is -2.16. The molecule has 0 amide bonds. The molecular weight excluding hydrogens is 562 g/mol. The van der Waals surface area contributed by atoms with Crippen molar-refractivity contribution in [1.29, 1.82) is 0 Å². The van der Waals surface area contributed by atoms with E-state index in [2.05, 4.69) is 5.32 Å². The van der Waals surface area contributed by atoms with Gasteiger partial charge in [0.25, 0.3) is 0 Å². The number of fused-ring (bicyclic) bond motifs is 2. The Morgan fingerprint density at radius 3 is 2.37 bits per heavy atom. The van der Waals surface area contributed by atoms with Crippen LogP contribution in [0.25, 0.3) is 0 Å². The number of carbonyl (C=O) groups excluding carboxylic acids is 2. The van der Waals surface area contributed by atoms with Crippen LogP contribution in [0.1, 0.15) is 36.5 Å². The summed E-state index contributed by atoms with van der Waals surface area (Å²) in [6.07, 6.45) is -5.81. The smallest absolute Gasteiger partial charge is 0.338 e. The van der Waals surface area contributed by atoms with Crippen LogP contribution in [0.3, 0.4) is 0 Å². The van der Waals surface area contributed by atoms with Crippen LogP contribution in [0.15, 0.2) is 30.3 Å². The molecule has 43 heavy (non-hydrogen) atoms. The molecule has 1 heterocycles. The van der Waals surface area contributed by atoms with Gasteiger partial charge in [-0.2, -0.15) is 0 Å². The summed E-state index contributed by atoms with van der Waals surface area (Å²) in [6, 6.07) is 7.54. The van der Waals surface area contributed by atoms with Gasteiger partial charge in [-0.1, -0.05) is 18.2 Å². The van der Waals surface area contributed by atoms with Crippen molar-refractivity contribution in [3.05, 3.63) is 35.9 Å². The molecule has 0 radical (unpaired) electrons. The first-order valence-electron chi connectivity index (χ1n) is 15.0. The molecule has 6 aliphatic rings. The second-order valence-electron chi connectivity index (χ2n) is 13.7. The Morgan fingerprint density at radius 2 is 1.74 bits per heavy atom. The molecule has 12 heteroatoms. The minimum absolute atomic E-state index is 0.218. The summed E-state index contributed by atoms with van der Waals surface area (Å²) in [5.41, 5.74) is -7.76. The number of carbonyl (C=O) groups is 2. The Balaban J connectivity index is 1.51. The van der Waals surface area contributed by atoms with Crippen LogP contribution in [-0.4, -0.2) is 120 Å². The standard InChI is InChI=1S/C31H41NO11/c1-15(33)43-31-18-19(40-3)20-27(14-39-2)11-10-17(34)30(20,22(18)32-13-27)29(38)12-28(37,25(41-4)23(31)35)24(21(29)31)42-26(36)16-8-6-5-7-9-16/h5-9,17-25,32,34-35,37-38H,10-14H2,1-4H3/t17-,18-,19-,20+,21-,22?,23-,24+,25-,27-,28+,29-,30+,31-/m0/s1. The van der Waals surface area contributed by atoms with E-state index < -0.39 is 100 Å². The Bertz CT molecular complexity index is 1310. The number of hydrogen-bond donors (Lipinski definition) is 5. The summed E-state index contributed by atoms with van der Waals surface area (Å²) < 4.78 is 30.1. The third-order valence-corrected chi connectivity index (χ3v) is 12.3. The minimum atomic E-state index is -2.10. The highest BCUT2D eigenvalue weighted by atomic mass is 16.6. The molecule has 1 aromatic rings. The van der Waals surface area contributed by atoms with E-state index in [1.165, 1.54) is 21.1 Å².